The van der Waals surface area contributed by atoms with Crippen LogP contribution >= 0.6 is 0 Å². The van der Waals surface area contributed by atoms with Crippen LogP contribution in [0.2, 0.25) is 0 Å². The molecule has 0 saturated heterocycles. The van der Waals surface area contributed by atoms with E-state index < -0.39 is 0 Å². The predicted molar refractivity (Wildman–Crippen MR) is 69.9 cm³/mol. The fraction of sp³-hybridized carbons (Fsp3) is 0.231. The number of hydrogen-bond acceptors (Lipinski definition) is 3. The van der Waals surface area contributed by atoms with Crippen LogP contribution < -0.4 is 5.32 Å². The molecule has 0 aliphatic rings. The van der Waals surface area contributed by atoms with Crippen molar-refractivity contribution in [2.45, 2.75) is 19.5 Å². The summed E-state index contributed by atoms with van der Waals surface area (Å²) >= 11 is 0. The maximum Gasteiger partial charge on any atom is 0.141 e. The van der Waals surface area contributed by atoms with E-state index >= 15 is 0 Å². The molecule has 3 N–H and O–H groups in total. The first-order valence-electron chi connectivity index (χ1n) is 5.98. The molecule has 2 aromatic heterocycles. The normalized spacial score (nSPS) is 12.9. The van der Waals surface area contributed by atoms with Gasteiger partial charge in [0, 0.05) is 23.6 Å². The number of benzene rings is 1. The third-order valence-corrected chi connectivity index (χ3v) is 3.12. The Hall–Kier alpha value is -2.14. The van der Waals surface area contributed by atoms with Gasteiger partial charge < -0.3 is 10.3 Å². The predicted octanol–water partition coefficient (Wildman–Crippen LogP) is 2.14. The highest BCUT2D eigenvalue weighted by Crippen LogP contribution is 2.18. The number of hydrogen-bond donors (Lipinski definition) is 3. The number of aromatic nitrogens is 4. The van der Waals surface area contributed by atoms with Crippen molar-refractivity contribution in [3.8, 4) is 0 Å². The maximum atomic E-state index is 4.14. The number of fused-ring (bicyclic) bond motifs is 1. The van der Waals surface area contributed by atoms with Gasteiger partial charge in [-0.3, -0.25) is 5.10 Å². The summed E-state index contributed by atoms with van der Waals surface area (Å²) in [5.41, 5.74) is 2.43. The summed E-state index contributed by atoms with van der Waals surface area (Å²) in [4.78, 5) is 7.41. The highest BCUT2D eigenvalue weighted by atomic mass is 15.2. The van der Waals surface area contributed by atoms with E-state index in [9.17, 15) is 0 Å². The van der Waals surface area contributed by atoms with Gasteiger partial charge in [0.2, 0.25) is 0 Å². The topological polar surface area (TPSA) is 69.4 Å². The average molecular weight is 241 g/mol. The molecule has 0 saturated carbocycles. The molecule has 1 aromatic carbocycles. The molecule has 0 aliphatic heterocycles. The van der Waals surface area contributed by atoms with Gasteiger partial charge >= 0.3 is 0 Å². The van der Waals surface area contributed by atoms with Crippen molar-refractivity contribution in [3.05, 3.63) is 48.2 Å². The Balaban J connectivity index is 1.73. The summed E-state index contributed by atoms with van der Waals surface area (Å²) in [7, 11) is 0. The summed E-state index contributed by atoms with van der Waals surface area (Å²) < 4.78 is 0. The SMILES string of the molecule is CC(NCc1c[nH]c2ccccc12)c1ncn[nH]1. The summed E-state index contributed by atoms with van der Waals surface area (Å²) in [5, 5.41) is 11.4. The molecule has 2 heterocycles. The third-order valence-electron chi connectivity index (χ3n) is 3.12. The molecule has 0 aliphatic carbocycles. The minimum Gasteiger partial charge on any atom is -0.361 e. The van der Waals surface area contributed by atoms with E-state index in [-0.39, 0.29) is 6.04 Å². The number of aromatic amines is 2. The molecular weight excluding hydrogens is 226 g/mol. The molecule has 1 unspecified atom stereocenters. The van der Waals surface area contributed by atoms with E-state index in [4.69, 9.17) is 0 Å². The van der Waals surface area contributed by atoms with Gasteiger partial charge in [-0.2, -0.15) is 5.10 Å². The fourth-order valence-corrected chi connectivity index (χ4v) is 2.06. The molecule has 0 amide bonds. The molecule has 3 rings (SSSR count). The quantitative estimate of drug-likeness (QED) is 0.655. The van der Waals surface area contributed by atoms with Crippen LogP contribution in [0.25, 0.3) is 10.9 Å². The van der Waals surface area contributed by atoms with Crippen molar-refractivity contribution in [2.24, 2.45) is 0 Å². The highest BCUT2D eigenvalue weighted by Gasteiger charge is 2.09. The Morgan fingerprint density at radius 3 is 3.06 bits per heavy atom. The second-order valence-corrected chi connectivity index (χ2v) is 4.33. The van der Waals surface area contributed by atoms with Crippen molar-refractivity contribution in [3.63, 3.8) is 0 Å². The first-order chi connectivity index (χ1) is 8.84. The van der Waals surface area contributed by atoms with Crippen LogP contribution in [-0.2, 0) is 6.54 Å². The molecule has 0 bridgehead atoms. The molecule has 0 fully saturated rings. The molecule has 18 heavy (non-hydrogen) atoms. The van der Waals surface area contributed by atoms with E-state index in [0.29, 0.717) is 0 Å². The number of nitrogens with zero attached hydrogens (tertiary/aromatic N) is 2. The summed E-state index contributed by atoms with van der Waals surface area (Å²) in [6, 6.07) is 8.45. The van der Waals surface area contributed by atoms with Crippen molar-refractivity contribution >= 4 is 10.9 Å². The molecule has 3 aromatic rings. The first kappa shape index (κ1) is 11.0. The van der Waals surface area contributed by atoms with Crippen LogP contribution in [0.3, 0.4) is 0 Å². The average Bonchev–Trinajstić information content (AvgIpc) is 3.06. The lowest BCUT2D eigenvalue weighted by Crippen LogP contribution is -2.19. The number of H-pyrrole nitrogens is 2. The van der Waals surface area contributed by atoms with Crippen LogP contribution in [0.4, 0.5) is 0 Å². The van der Waals surface area contributed by atoms with Crippen molar-refractivity contribution in [2.75, 3.05) is 0 Å². The summed E-state index contributed by atoms with van der Waals surface area (Å²) in [6.45, 7) is 2.86. The van der Waals surface area contributed by atoms with Crippen LogP contribution in [0, 0.1) is 0 Å². The Morgan fingerprint density at radius 1 is 1.33 bits per heavy atom. The summed E-state index contributed by atoms with van der Waals surface area (Å²) in [5.74, 6) is 0.856. The van der Waals surface area contributed by atoms with E-state index in [1.54, 1.807) is 0 Å². The van der Waals surface area contributed by atoms with Gasteiger partial charge in [-0.1, -0.05) is 18.2 Å². The van der Waals surface area contributed by atoms with Gasteiger partial charge in [0.15, 0.2) is 0 Å². The van der Waals surface area contributed by atoms with Crippen LogP contribution in [0.5, 0.6) is 0 Å². The van der Waals surface area contributed by atoms with E-state index in [0.717, 1.165) is 12.4 Å². The highest BCUT2D eigenvalue weighted by molar-refractivity contribution is 5.82. The van der Waals surface area contributed by atoms with Gasteiger partial charge in [0.1, 0.15) is 12.2 Å². The molecule has 5 nitrogen and oxygen atoms in total. The second kappa shape index (κ2) is 4.62. The molecular formula is C13H15N5. The Bertz CT molecular complexity index is 626. The summed E-state index contributed by atoms with van der Waals surface area (Å²) in [6.07, 6.45) is 3.57. The van der Waals surface area contributed by atoms with Crippen LogP contribution in [-0.4, -0.2) is 20.2 Å². The molecule has 1 atom stereocenters. The monoisotopic (exact) mass is 241 g/mol. The molecule has 0 radical (unpaired) electrons. The standard InChI is InChI=1S/C13H15N5/c1-9(13-16-8-17-18-13)14-6-10-7-15-12-5-3-2-4-11(10)12/h2-5,7-9,14-15H,6H2,1H3,(H,16,17,18). The van der Waals surface area contributed by atoms with Crippen LogP contribution in [0.1, 0.15) is 24.4 Å². The van der Waals surface area contributed by atoms with Gasteiger partial charge in [-0.25, -0.2) is 4.98 Å². The second-order valence-electron chi connectivity index (χ2n) is 4.33. The van der Waals surface area contributed by atoms with Crippen molar-refractivity contribution in [1.82, 2.24) is 25.5 Å². The van der Waals surface area contributed by atoms with Gasteiger partial charge in [0.05, 0.1) is 6.04 Å². The fourth-order valence-electron chi connectivity index (χ4n) is 2.06. The Kier molecular flexibility index (Phi) is 2.82. The minimum atomic E-state index is 0.154. The Morgan fingerprint density at radius 2 is 2.22 bits per heavy atom. The number of para-hydroxylation sites is 1. The van der Waals surface area contributed by atoms with Gasteiger partial charge in [-0.15, -0.1) is 0 Å². The first-order valence-corrected chi connectivity index (χ1v) is 5.98. The lowest BCUT2D eigenvalue weighted by atomic mass is 10.1. The lowest BCUT2D eigenvalue weighted by molar-refractivity contribution is 0.549. The van der Waals surface area contributed by atoms with Crippen molar-refractivity contribution in [1.29, 1.82) is 0 Å². The van der Waals surface area contributed by atoms with Gasteiger partial charge in [0.25, 0.3) is 0 Å². The molecule has 5 heteroatoms. The van der Waals surface area contributed by atoms with Gasteiger partial charge in [-0.05, 0) is 18.6 Å². The number of rotatable bonds is 4. The minimum absolute atomic E-state index is 0.154. The zero-order valence-electron chi connectivity index (χ0n) is 10.1. The molecule has 92 valence electrons. The zero-order valence-corrected chi connectivity index (χ0v) is 10.1. The largest absolute Gasteiger partial charge is 0.361 e. The van der Waals surface area contributed by atoms with E-state index in [1.165, 1.54) is 22.8 Å². The Labute approximate surface area is 105 Å². The van der Waals surface area contributed by atoms with E-state index in [1.807, 2.05) is 12.3 Å². The lowest BCUT2D eigenvalue weighted by Gasteiger charge is -2.10. The number of nitrogens with one attached hydrogen (secondary N) is 3. The van der Waals surface area contributed by atoms with Crippen LogP contribution in [0.15, 0.2) is 36.8 Å². The van der Waals surface area contributed by atoms with Crippen molar-refractivity contribution < 1.29 is 0 Å². The van der Waals surface area contributed by atoms with E-state index in [2.05, 4.69) is 50.6 Å². The third kappa shape index (κ3) is 2.00. The maximum absolute atomic E-state index is 4.14. The smallest absolute Gasteiger partial charge is 0.141 e. The zero-order chi connectivity index (χ0) is 12.4. The molecule has 0 spiro atoms.